The predicted octanol–water partition coefficient (Wildman–Crippen LogP) is 4.83. The van der Waals surface area contributed by atoms with Gasteiger partial charge in [0.25, 0.3) is 11.1 Å². The molecule has 6 nitrogen and oxygen atoms in total. The van der Waals surface area contributed by atoms with Crippen LogP contribution in [0.15, 0.2) is 87.1 Å². The first-order chi connectivity index (χ1) is 14.7. The highest BCUT2D eigenvalue weighted by atomic mass is 32.2. The van der Waals surface area contributed by atoms with Crippen molar-refractivity contribution in [2.24, 2.45) is 0 Å². The Labute approximate surface area is 178 Å². The zero-order valence-corrected chi connectivity index (χ0v) is 17.3. The first-order valence-corrected chi connectivity index (χ1v) is 10.6. The quantitative estimate of drug-likeness (QED) is 0.412. The molecule has 1 atom stereocenters. The van der Waals surface area contributed by atoms with Crippen LogP contribution in [0.5, 0.6) is 0 Å². The molecule has 0 aliphatic heterocycles. The first kappa shape index (κ1) is 20.0. The van der Waals surface area contributed by atoms with Crippen LogP contribution in [0.2, 0.25) is 0 Å². The average molecular weight is 420 g/mol. The van der Waals surface area contributed by atoms with Crippen LogP contribution in [0, 0.1) is 6.92 Å². The van der Waals surface area contributed by atoms with Gasteiger partial charge in [-0.05, 0) is 30.5 Å². The van der Waals surface area contributed by atoms with Crippen molar-refractivity contribution in [2.75, 3.05) is 5.75 Å². The van der Waals surface area contributed by atoms with Gasteiger partial charge in [0.1, 0.15) is 5.76 Å². The number of carbonyl (C=O) groups is 1. The van der Waals surface area contributed by atoms with Crippen molar-refractivity contribution in [3.8, 4) is 11.5 Å². The maximum absolute atomic E-state index is 12.6. The number of benzene rings is 2. The van der Waals surface area contributed by atoms with Gasteiger partial charge in [-0.1, -0.05) is 72.4 Å². The van der Waals surface area contributed by atoms with Crippen LogP contribution in [-0.2, 0) is 11.2 Å². The van der Waals surface area contributed by atoms with Crippen LogP contribution in [0.4, 0.5) is 0 Å². The molecule has 4 aromatic rings. The number of nitrogens with zero attached hydrogens (tertiary/aromatic N) is 2. The maximum Gasteiger partial charge on any atom is 0.277 e. The van der Waals surface area contributed by atoms with E-state index in [0.29, 0.717) is 23.3 Å². The van der Waals surface area contributed by atoms with Gasteiger partial charge in [-0.3, -0.25) is 4.79 Å². The van der Waals surface area contributed by atoms with Gasteiger partial charge in [-0.25, -0.2) is 0 Å². The lowest BCUT2D eigenvalue weighted by atomic mass is 9.99. The van der Waals surface area contributed by atoms with Crippen molar-refractivity contribution in [3.05, 3.63) is 89.9 Å². The molecule has 0 unspecified atom stereocenters. The van der Waals surface area contributed by atoms with E-state index < -0.39 is 0 Å². The third-order valence-electron chi connectivity index (χ3n) is 4.64. The molecule has 1 amide bonds. The first-order valence-electron chi connectivity index (χ1n) is 9.58. The lowest BCUT2D eigenvalue weighted by molar-refractivity contribution is -0.119. The Kier molecular flexibility index (Phi) is 6.29. The van der Waals surface area contributed by atoms with E-state index >= 15 is 0 Å². The molecule has 2 aromatic heterocycles. The number of aryl methyl sites for hydroxylation is 1. The number of hydrogen-bond acceptors (Lipinski definition) is 6. The smallest absolute Gasteiger partial charge is 0.277 e. The van der Waals surface area contributed by atoms with E-state index in [-0.39, 0.29) is 17.7 Å². The monoisotopic (exact) mass is 419 g/mol. The molecule has 0 aliphatic rings. The van der Waals surface area contributed by atoms with E-state index in [4.69, 9.17) is 8.83 Å². The van der Waals surface area contributed by atoms with Crippen LogP contribution in [0.25, 0.3) is 11.5 Å². The van der Waals surface area contributed by atoms with Crippen LogP contribution in [0.3, 0.4) is 0 Å². The number of hydrogen-bond donors (Lipinski definition) is 1. The van der Waals surface area contributed by atoms with Crippen molar-refractivity contribution in [1.82, 2.24) is 15.5 Å². The van der Waals surface area contributed by atoms with Crippen molar-refractivity contribution in [3.63, 3.8) is 0 Å². The second-order valence-electron chi connectivity index (χ2n) is 6.77. The van der Waals surface area contributed by atoms with Crippen molar-refractivity contribution in [2.45, 2.75) is 24.6 Å². The van der Waals surface area contributed by atoms with E-state index in [1.54, 1.807) is 12.3 Å². The number of rotatable bonds is 8. The Balaban J connectivity index is 1.39. The largest absolute Gasteiger partial charge is 0.469 e. The molecule has 0 fully saturated rings. The number of aromatic nitrogens is 2. The lowest BCUT2D eigenvalue weighted by Crippen LogP contribution is -2.31. The molecule has 0 bridgehead atoms. The van der Waals surface area contributed by atoms with Crippen LogP contribution in [-0.4, -0.2) is 21.9 Å². The molecule has 0 aliphatic carbocycles. The van der Waals surface area contributed by atoms with Gasteiger partial charge in [-0.15, -0.1) is 10.2 Å². The second-order valence-corrected chi connectivity index (χ2v) is 7.70. The fourth-order valence-corrected chi connectivity index (χ4v) is 3.71. The highest BCUT2D eigenvalue weighted by Gasteiger charge is 2.18. The van der Waals surface area contributed by atoms with Crippen molar-refractivity contribution >= 4 is 17.7 Å². The molecule has 2 heterocycles. The summed E-state index contributed by atoms with van der Waals surface area (Å²) >= 11 is 1.21. The minimum absolute atomic E-state index is 0.0935. The SMILES string of the molecule is Cc1occc1-c1nnc(SCC(=O)N[C@H](Cc2ccccc2)c2ccccc2)o1. The zero-order chi connectivity index (χ0) is 20.8. The summed E-state index contributed by atoms with van der Waals surface area (Å²) in [5.41, 5.74) is 2.98. The van der Waals surface area contributed by atoms with Gasteiger partial charge in [0.15, 0.2) is 0 Å². The Morgan fingerprint density at radius 2 is 1.77 bits per heavy atom. The van der Waals surface area contributed by atoms with Gasteiger partial charge in [-0.2, -0.15) is 0 Å². The minimum atomic E-state index is -0.117. The topological polar surface area (TPSA) is 81.2 Å². The third kappa shape index (κ3) is 4.99. The third-order valence-corrected chi connectivity index (χ3v) is 5.46. The van der Waals surface area contributed by atoms with E-state index in [9.17, 15) is 4.79 Å². The molecular formula is C23H21N3O3S. The molecule has 0 saturated carbocycles. The average Bonchev–Trinajstić information content (AvgIpc) is 3.42. The molecule has 7 heteroatoms. The zero-order valence-electron chi connectivity index (χ0n) is 16.4. The molecule has 0 radical (unpaired) electrons. The van der Waals surface area contributed by atoms with Gasteiger partial charge in [0.2, 0.25) is 5.91 Å². The van der Waals surface area contributed by atoms with Crippen LogP contribution < -0.4 is 5.32 Å². The Hall–Kier alpha value is -3.32. The van der Waals surface area contributed by atoms with Crippen molar-refractivity contribution in [1.29, 1.82) is 0 Å². The number of nitrogens with one attached hydrogen (secondary N) is 1. The molecule has 0 saturated heterocycles. The normalized spacial score (nSPS) is 11.9. The van der Waals surface area contributed by atoms with E-state index in [1.807, 2.05) is 55.5 Å². The maximum atomic E-state index is 12.6. The van der Waals surface area contributed by atoms with E-state index in [2.05, 4.69) is 27.6 Å². The van der Waals surface area contributed by atoms with Gasteiger partial charge >= 0.3 is 0 Å². The number of thioether (sulfide) groups is 1. The molecule has 152 valence electrons. The van der Waals surface area contributed by atoms with Crippen molar-refractivity contribution < 1.29 is 13.6 Å². The van der Waals surface area contributed by atoms with Crippen LogP contribution >= 0.6 is 11.8 Å². The highest BCUT2D eigenvalue weighted by Crippen LogP contribution is 2.26. The summed E-state index contributed by atoms with van der Waals surface area (Å²) in [5.74, 6) is 1.18. The molecular weight excluding hydrogens is 398 g/mol. The molecule has 2 aromatic carbocycles. The molecule has 4 rings (SSSR count). The summed E-state index contributed by atoms with van der Waals surface area (Å²) in [6.07, 6.45) is 2.29. The predicted molar refractivity (Wildman–Crippen MR) is 115 cm³/mol. The Bertz CT molecular complexity index is 1090. The Morgan fingerprint density at radius 3 is 2.47 bits per heavy atom. The van der Waals surface area contributed by atoms with Gasteiger partial charge < -0.3 is 14.2 Å². The fraction of sp³-hybridized carbons (Fsp3) is 0.174. The molecule has 1 N–H and O–H groups in total. The van der Waals surface area contributed by atoms with E-state index in [1.165, 1.54) is 11.8 Å². The van der Waals surface area contributed by atoms with Gasteiger partial charge in [0, 0.05) is 0 Å². The standard InChI is InChI=1S/C23H21N3O3S/c1-16-19(12-13-28-16)22-25-26-23(29-22)30-15-21(27)24-20(18-10-6-3-7-11-18)14-17-8-4-2-5-9-17/h2-13,20H,14-15H2,1H3,(H,24,27)/t20-/m1/s1. The number of amides is 1. The summed E-state index contributed by atoms with van der Waals surface area (Å²) in [4.78, 5) is 12.6. The van der Waals surface area contributed by atoms with Gasteiger partial charge in [0.05, 0.1) is 23.6 Å². The number of furan rings is 1. The second kappa shape index (κ2) is 9.45. The van der Waals surface area contributed by atoms with Crippen LogP contribution in [0.1, 0.15) is 22.9 Å². The summed E-state index contributed by atoms with van der Waals surface area (Å²) < 4.78 is 10.9. The molecule has 0 spiro atoms. The summed E-state index contributed by atoms with van der Waals surface area (Å²) in [5, 5.41) is 11.5. The lowest BCUT2D eigenvalue weighted by Gasteiger charge is -2.19. The summed E-state index contributed by atoms with van der Waals surface area (Å²) in [6, 6.07) is 21.8. The summed E-state index contributed by atoms with van der Waals surface area (Å²) in [7, 11) is 0. The Morgan fingerprint density at radius 1 is 1.03 bits per heavy atom. The highest BCUT2D eigenvalue weighted by molar-refractivity contribution is 7.99. The summed E-state index contributed by atoms with van der Waals surface area (Å²) in [6.45, 7) is 1.83. The fourth-order valence-electron chi connectivity index (χ4n) is 3.13. The minimum Gasteiger partial charge on any atom is -0.469 e. The molecule has 30 heavy (non-hydrogen) atoms. The van der Waals surface area contributed by atoms with E-state index in [0.717, 1.165) is 16.7 Å². The number of carbonyl (C=O) groups excluding carboxylic acids is 1.